The van der Waals surface area contributed by atoms with Crippen molar-refractivity contribution in [3.8, 4) is 0 Å². The Labute approximate surface area is 480 Å². The van der Waals surface area contributed by atoms with Gasteiger partial charge in [-0.3, -0.25) is 18.6 Å². The molecule has 0 bridgehead atoms. The molecule has 0 fully saturated rings. The third-order valence-corrected chi connectivity index (χ3v) is 14.1. The number of hydrogen-bond acceptors (Lipinski definition) is 6. The summed E-state index contributed by atoms with van der Waals surface area (Å²) in [5, 5.41) is 3.03. The summed E-state index contributed by atoms with van der Waals surface area (Å²) in [5.74, 6) is -0.593. The Morgan fingerprint density at radius 1 is 0.462 bits per heavy atom. The van der Waals surface area contributed by atoms with E-state index in [1.54, 1.807) is 0 Å². The number of hydrogen-bond donors (Lipinski definition) is 2. The molecule has 0 heterocycles. The van der Waals surface area contributed by atoms with Crippen LogP contribution in [0.25, 0.3) is 0 Å². The van der Waals surface area contributed by atoms with Gasteiger partial charge in [0.2, 0.25) is 5.91 Å². The van der Waals surface area contributed by atoms with Gasteiger partial charge in [0.25, 0.3) is 0 Å². The van der Waals surface area contributed by atoms with Gasteiger partial charge in [-0.2, -0.15) is 0 Å². The maximum absolute atomic E-state index is 13.6. The van der Waals surface area contributed by atoms with Gasteiger partial charge in [0.15, 0.2) is 0 Å². The van der Waals surface area contributed by atoms with E-state index in [1.807, 2.05) is 33.3 Å². The smallest absolute Gasteiger partial charge is 0.456 e. The van der Waals surface area contributed by atoms with Crippen molar-refractivity contribution >= 4 is 19.7 Å². The Bertz CT molecular complexity index is 1750. The summed E-state index contributed by atoms with van der Waals surface area (Å²) in [6.07, 6.45) is 79.2. The van der Waals surface area contributed by atoms with Crippen LogP contribution in [-0.2, 0) is 27.9 Å². The fourth-order valence-electron chi connectivity index (χ4n) is 8.31. The Kier molecular flexibility index (Phi) is 54.1. The van der Waals surface area contributed by atoms with Crippen molar-refractivity contribution in [3.63, 3.8) is 0 Å². The minimum atomic E-state index is -4.47. The molecular formula is C68H118N2O7P+. The number of quaternary nitrogens is 1. The van der Waals surface area contributed by atoms with Crippen LogP contribution >= 0.6 is 7.82 Å². The number of rotatable bonds is 55. The highest BCUT2D eigenvalue weighted by Gasteiger charge is 2.30. The van der Waals surface area contributed by atoms with Crippen LogP contribution in [0.2, 0.25) is 0 Å². The van der Waals surface area contributed by atoms with Crippen LogP contribution in [0.1, 0.15) is 245 Å². The number of carbonyl (C=O) groups is 2. The van der Waals surface area contributed by atoms with Crippen molar-refractivity contribution in [2.75, 3.05) is 40.9 Å². The fourth-order valence-corrected chi connectivity index (χ4v) is 9.05. The molecule has 3 atom stereocenters. The molecule has 0 rings (SSSR count). The quantitative estimate of drug-likeness (QED) is 0.0205. The molecule has 0 aliphatic rings. The Hall–Kier alpha value is -3.59. The maximum atomic E-state index is 13.6. The third kappa shape index (κ3) is 57.1. The first kappa shape index (κ1) is 74.4. The van der Waals surface area contributed by atoms with Crippen molar-refractivity contribution in [1.82, 2.24) is 5.32 Å². The van der Waals surface area contributed by atoms with Crippen LogP contribution in [0.4, 0.5) is 0 Å². The van der Waals surface area contributed by atoms with Crippen molar-refractivity contribution in [1.29, 1.82) is 0 Å². The summed E-state index contributed by atoms with van der Waals surface area (Å²) in [5.41, 5.74) is 0. The van der Waals surface area contributed by atoms with Crippen LogP contribution in [0, 0.1) is 0 Å². The average Bonchev–Trinajstić information content (AvgIpc) is 3.40. The molecular weight excluding hydrogens is 988 g/mol. The molecule has 0 saturated heterocycles. The van der Waals surface area contributed by atoms with E-state index >= 15 is 0 Å². The first-order chi connectivity index (χ1) is 37.9. The number of allylic oxidation sites excluding steroid dienone is 19. The van der Waals surface area contributed by atoms with Crippen molar-refractivity contribution in [2.45, 2.75) is 258 Å². The number of unbranched alkanes of at least 4 members (excludes halogenated alkanes) is 21. The largest absolute Gasteiger partial charge is 0.472 e. The molecule has 0 aromatic heterocycles. The highest BCUT2D eigenvalue weighted by Crippen LogP contribution is 2.43. The number of carbonyl (C=O) groups excluding carboxylic acids is 2. The highest BCUT2D eigenvalue weighted by molar-refractivity contribution is 7.47. The van der Waals surface area contributed by atoms with Crippen molar-refractivity contribution in [2.24, 2.45) is 0 Å². The van der Waals surface area contributed by atoms with Gasteiger partial charge in [-0.15, -0.1) is 0 Å². The lowest BCUT2D eigenvalue weighted by molar-refractivity contribution is -0.870. The SMILES string of the molecule is CC/C=C\C/C=C\C/C=C\C/C=C\C/C=C\CCCC(=O)OC(/C=C\CCCCCCCCCCCC)C(COP(=O)(O)OCC[N+](C)(C)C)NC(=O)CCCCCCCCC/C=C\C/C=C\C/C=C\C/C=C\CCCCC. The normalized spacial score (nSPS) is 14.5. The van der Waals surface area contributed by atoms with Gasteiger partial charge in [0.05, 0.1) is 33.8 Å². The van der Waals surface area contributed by atoms with E-state index < -0.39 is 20.0 Å². The van der Waals surface area contributed by atoms with Crippen LogP contribution in [0.3, 0.4) is 0 Å². The number of amides is 1. The number of ether oxygens (including phenoxy) is 1. The third-order valence-electron chi connectivity index (χ3n) is 13.1. The zero-order valence-corrected chi connectivity index (χ0v) is 51.8. The van der Waals surface area contributed by atoms with Gasteiger partial charge in [-0.1, -0.05) is 239 Å². The zero-order chi connectivity index (χ0) is 57.2. The number of nitrogens with one attached hydrogen (secondary N) is 1. The van der Waals surface area contributed by atoms with E-state index in [0.29, 0.717) is 23.9 Å². The topological polar surface area (TPSA) is 111 Å². The van der Waals surface area contributed by atoms with E-state index in [-0.39, 0.29) is 31.5 Å². The van der Waals surface area contributed by atoms with E-state index in [1.165, 1.54) is 96.3 Å². The van der Waals surface area contributed by atoms with Gasteiger partial charge in [0.1, 0.15) is 19.3 Å². The monoisotopic (exact) mass is 1110 g/mol. The zero-order valence-electron chi connectivity index (χ0n) is 50.9. The first-order valence-corrected chi connectivity index (χ1v) is 32.9. The summed E-state index contributed by atoms with van der Waals surface area (Å²) in [6, 6.07) is -0.886. The second-order valence-corrected chi connectivity index (χ2v) is 23.3. The number of nitrogens with zero attached hydrogens (tertiary/aromatic N) is 1. The lowest BCUT2D eigenvalue weighted by Gasteiger charge is -2.27. The molecule has 0 aliphatic heterocycles. The molecule has 0 aromatic carbocycles. The minimum Gasteiger partial charge on any atom is -0.456 e. The molecule has 10 heteroatoms. The van der Waals surface area contributed by atoms with Gasteiger partial charge < -0.3 is 19.4 Å². The van der Waals surface area contributed by atoms with Gasteiger partial charge >= 0.3 is 13.8 Å². The van der Waals surface area contributed by atoms with E-state index in [4.69, 9.17) is 13.8 Å². The lowest BCUT2D eigenvalue weighted by atomic mass is 10.0. The van der Waals surface area contributed by atoms with Gasteiger partial charge in [0, 0.05) is 12.8 Å². The Balaban J connectivity index is 5.33. The van der Waals surface area contributed by atoms with Crippen molar-refractivity contribution in [3.05, 3.63) is 122 Å². The molecule has 0 aromatic rings. The number of phosphoric acid groups is 1. The maximum Gasteiger partial charge on any atom is 0.472 e. The van der Waals surface area contributed by atoms with Crippen LogP contribution in [0.15, 0.2) is 122 Å². The summed E-state index contributed by atoms with van der Waals surface area (Å²) in [7, 11) is 1.44. The highest BCUT2D eigenvalue weighted by atomic mass is 31.2. The van der Waals surface area contributed by atoms with Crippen LogP contribution < -0.4 is 5.32 Å². The van der Waals surface area contributed by atoms with E-state index in [0.717, 1.165) is 109 Å². The Morgan fingerprint density at radius 3 is 1.28 bits per heavy atom. The predicted molar refractivity (Wildman–Crippen MR) is 336 cm³/mol. The second kappa shape index (κ2) is 56.7. The first-order valence-electron chi connectivity index (χ1n) is 31.4. The summed E-state index contributed by atoms with van der Waals surface area (Å²) >= 11 is 0. The molecule has 446 valence electrons. The minimum absolute atomic E-state index is 0.0226. The standard InChI is InChI=1S/C68H117N2O7P/c1-7-10-13-16-19-22-25-28-30-32-33-34-35-36-37-39-40-42-45-48-51-54-57-60-67(71)69-65(64-76-78(73,74)75-63-62-70(4,5)6)66(59-56-53-50-47-44-27-24-21-18-15-12-9-3)77-68(72)61-58-55-52-49-46-43-41-38-31-29-26-23-20-17-14-11-8-2/h11,14,19-20,22-23,28-31,33-34,36-37,41,43,49,52,56,59,65-66H,7-10,12-13,15-18,21,24-27,32,35,38-40,42,44-48,50-51,53-55,57-58,60-64H2,1-6H3,(H-,69,71,73,74)/p+1/b14-11-,22-19-,23-20-,30-28-,31-29-,34-33-,37-36-,43-41-,52-49-,59-56-. The number of likely N-dealkylation sites (N-methyl/N-ethyl adjacent to an activating group) is 1. The molecule has 0 saturated carbocycles. The van der Waals surface area contributed by atoms with Crippen LogP contribution in [-0.4, -0.2) is 74.3 Å². The predicted octanol–water partition coefficient (Wildman–Crippen LogP) is 19.5. The molecule has 9 nitrogen and oxygen atoms in total. The fraction of sp³-hybridized carbons (Fsp3) is 0.676. The number of phosphoric ester groups is 1. The van der Waals surface area contributed by atoms with Crippen LogP contribution in [0.5, 0.6) is 0 Å². The molecule has 3 unspecified atom stereocenters. The van der Waals surface area contributed by atoms with Gasteiger partial charge in [-0.05, 0) is 115 Å². The molecule has 0 spiro atoms. The number of esters is 1. The lowest BCUT2D eigenvalue weighted by Crippen LogP contribution is -2.47. The molecule has 2 N–H and O–H groups in total. The average molecular weight is 1110 g/mol. The Morgan fingerprint density at radius 2 is 0.833 bits per heavy atom. The summed E-state index contributed by atoms with van der Waals surface area (Å²) < 4.78 is 30.6. The summed E-state index contributed by atoms with van der Waals surface area (Å²) in [4.78, 5) is 37.7. The molecule has 1 amide bonds. The van der Waals surface area contributed by atoms with Crippen molar-refractivity contribution < 1.29 is 37.3 Å². The molecule has 0 aliphatic carbocycles. The molecule has 78 heavy (non-hydrogen) atoms. The van der Waals surface area contributed by atoms with E-state index in [9.17, 15) is 19.0 Å². The van der Waals surface area contributed by atoms with E-state index in [2.05, 4.69) is 135 Å². The second-order valence-electron chi connectivity index (χ2n) is 21.8. The van der Waals surface area contributed by atoms with Gasteiger partial charge in [-0.25, -0.2) is 4.57 Å². The summed E-state index contributed by atoms with van der Waals surface area (Å²) in [6.45, 7) is 6.81. The molecule has 0 radical (unpaired) electrons.